The summed E-state index contributed by atoms with van der Waals surface area (Å²) in [7, 11) is 6.90. The molecule has 2 amide bonds. The van der Waals surface area contributed by atoms with Crippen molar-refractivity contribution in [2.45, 2.75) is 84.1 Å². The Hall–Kier alpha value is 1.96. The molecule has 2 heterocycles. The van der Waals surface area contributed by atoms with Crippen LogP contribution >= 0.6 is 132 Å². The average Bonchev–Trinajstić information content (AvgIpc) is 3.27. The van der Waals surface area contributed by atoms with Crippen molar-refractivity contribution in [2.24, 2.45) is 23.5 Å². The predicted molar refractivity (Wildman–Crippen MR) is 306 cm³/mol. The summed E-state index contributed by atoms with van der Waals surface area (Å²) in [6.07, 6.45) is 13.4. The van der Waals surface area contributed by atoms with Crippen LogP contribution in [0.5, 0.6) is 0 Å². The number of piperazine rings is 2. The van der Waals surface area contributed by atoms with E-state index in [0.717, 1.165) is 82.0 Å². The third-order valence-corrected chi connectivity index (χ3v) is 14.1. The fourth-order valence-electron chi connectivity index (χ4n) is 8.26. The van der Waals surface area contributed by atoms with E-state index in [4.69, 9.17) is 63.7 Å². The van der Waals surface area contributed by atoms with Crippen LogP contribution in [0.2, 0.25) is 20.1 Å². The number of amides is 2. The summed E-state index contributed by atoms with van der Waals surface area (Å²) in [6.45, 7) is 10.8. The second-order valence-corrected chi connectivity index (χ2v) is 34.9. The molecule has 0 unspecified atom stereocenters. The molecule has 4 aliphatic rings. The molecular weight excluding hydrogens is 1470 g/mol. The Balaban J connectivity index is 0.000000510. The summed E-state index contributed by atoms with van der Waals surface area (Å²) in [4.78, 5) is 34.6. The molecule has 19 heteroatoms. The quantitative estimate of drug-likeness (QED) is 0.144. The minimum Gasteiger partial charge on any atom is -0.368 e. The monoisotopic (exact) mass is 1540 g/mol. The zero-order valence-electron chi connectivity index (χ0n) is 36.5. The largest absolute Gasteiger partial charge is 0.368 e. The topological polar surface area (TPSA) is 79.6 Å². The number of benzene rings is 2. The van der Waals surface area contributed by atoms with Gasteiger partial charge in [0, 0.05) is 130 Å². The van der Waals surface area contributed by atoms with Crippen LogP contribution in [0.1, 0.15) is 78.1 Å². The number of hydrogen-bond donors (Lipinski definition) is 1. The van der Waals surface area contributed by atoms with E-state index in [-0.39, 0.29) is 13.3 Å². The number of nitrogens with zero attached hydrogens (tertiary/aromatic N) is 6. The number of halogens is 10. The fraction of sp³-hybridized carbons (Fsp3) is 0.682. The van der Waals surface area contributed by atoms with Gasteiger partial charge in [0.25, 0.3) is 0 Å². The van der Waals surface area contributed by atoms with Gasteiger partial charge in [0.05, 0.1) is 31.5 Å². The van der Waals surface area contributed by atoms with Crippen molar-refractivity contribution in [1.82, 2.24) is 19.6 Å². The van der Waals surface area contributed by atoms with Gasteiger partial charge in [-0.1, -0.05) is 78.8 Å². The molecule has 0 spiro atoms. The van der Waals surface area contributed by atoms with Gasteiger partial charge < -0.3 is 25.3 Å². The Morgan fingerprint density at radius 3 is 1.30 bits per heavy atom. The van der Waals surface area contributed by atoms with Gasteiger partial charge in [0.1, 0.15) is 0 Å². The molecule has 0 bridgehead atoms. The minimum absolute atomic E-state index is 0. The summed E-state index contributed by atoms with van der Waals surface area (Å²) < 4.78 is 0. The zero-order chi connectivity index (χ0) is 46.2. The Morgan fingerprint density at radius 1 is 0.635 bits per heavy atom. The van der Waals surface area contributed by atoms with Gasteiger partial charge in [-0.25, -0.2) is 0 Å². The number of nitrogens with two attached hydrogens (primary N) is 1. The third-order valence-electron chi connectivity index (χ3n) is 12.2. The zero-order valence-corrected chi connectivity index (χ0v) is 51.0. The SMILES string of the molecule is C.CN(C)C(=O)CC1CCC(CCN2CCN(c3cccc(Cl)c3Cl)CC2)CC1.CN(C)C(=O)Cl.II.I[I-]I.NC1CCC(CCN2CCN(c3cccc(Cl)c3Cl)CC2)CC1. The van der Waals surface area contributed by atoms with Gasteiger partial charge in [0.2, 0.25) is 5.91 Å². The predicted octanol–water partition coefficient (Wildman–Crippen LogP) is 10.9. The molecular formula is C44H70Cl5I5N7O2-. The van der Waals surface area contributed by atoms with E-state index in [0.29, 0.717) is 45.3 Å². The molecule has 2 saturated heterocycles. The molecule has 2 aromatic rings. The maximum atomic E-state index is 11.9. The number of carbonyl (C=O) groups is 2. The molecule has 6 rings (SSSR count). The Bertz CT molecular complexity index is 1560. The summed E-state index contributed by atoms with van der Waals surface area (Å²) in [5, 5.41) is 2.19. The third kappa shape index (κ3) is 24.6. The van der Waals surface area contributed by atoms with Crippen molar-refractivity contribution in [3.63, 3.8) is 0 Å². The number of hydrogen-bond acceptors (Lipinski definition) is 7. The van der Waals surface area contributed by atoms with Crippen LogP contribution in [-0.2, 0) is 4.79 Å². The summed E-state index contributed by atoms with van der Waals surface area (Å²) in [6, 6.07) is 12.2. The first kappa shape index (κ1) is 63.0. The average molecular weight is 1540 g/mol. The van der Waals surface area contributed by atoms with E-state index in [1.165, 1.54) is 82.2 Å². The van der Waals surface area contributed by atoms with E-state index >= 15 is 0 Å². The van der Waals surface area contributed by atoms with Crippen molar-refractivity contribution in [2.75, 3.05) is 103 Å². The summed E-state index contributed by atoms with van der Waals surface area (Å²) in [5.74, 6) is 2.58. The van der Waals surface area contributed by atoms with Crippen molar-refractivity contribution in [3.05, 3.63) is 56.5 Å². The molecule has 9 nitrogen and oxygen atoms in total. The molecule has 2 aliphatic carbocycles. The standard InChI is InChI=1S/C22H33Cl2N3O.C18H27Cl2N3.C3H6ClNO.CH4.I3.I2/c1-25(2)21(28)16-18-8-6-17(7-9-18)10-11-26-12-14-27(15-13-26)20-5-3-4-19(23)22(20)24;19-16-2-1-3-17(18(16)20)23-12-10-22(11-13-23)9-8-14-4-6-15(21)7-5-14;1-5(2)3(4)6;;1-3-2;1-2/h3-5,17-18H,6-16H2,1-2H3;1-3,14-15H,4-13,21H2;1-2H3;1H4;;/q;;;;-1;. The van der Waals surface area contributed by atoms with Crippen LogP contribution < -0.4 is 28.8 Å². The van der Waals surface area contributed by atoms with Crippen LogP contribution in [0.25, 0.3) is 0 Å². The van der Waals surface area contributed by atoms with Crippen molar-refractivity contribution in [1.29, 1.82) is 0 Å². The van der Waals surface area contributed by atoms with Gasteiger partial charge in [-0.3, -0.25) is 19.4 Å². The molecule has 0 aromatic heterocycles. The Labute approximate surface area is 458 Å². The van der Waals surface area contributed by atoms with E-state index in [2.05, 4.69) is 106 Å². The maximum Gasteiger partial charge on any atom is 0.0825 e. The van der Waals surface area contributed by atoms with Crippen LogP contribution in [0.3, 0.4) is 0 Å². The van der Waals surface area contributed by atoms with Crippen molar-refractivity contribution >= 4 is 155 Å². The Kier molecular flexibility index (Phi) is 36.0. The second-order valence-electron chi connectivity index (χ2n) is 16.7. The molecule has 2 N–H and O–H groups in total. The van der Waals surface area contributed by atoms with Crippen LogP contribution in [0, 0.1) is 17.8 Å². The van der Waals surface area contributed by atoms with E-state index < -0.39 is 5.37 Å². The smallest absolute Gasteiger partial charge is 0.0825 e. The number of carbonyl (C=O) groups excluding carboxylic acids is 2. The first-order valence-corrected chi connectivity index (χ1v) is 42.0. The van der Waals surface area contributed by atoms with Crippen LogP contribution in [0.4, 0.5) is 16.2 Å². The maximum absolute atomic E-state index is 11.9. The molecule has 0 radical (unpaired) electrons. The van der Waals surface area contributed by atoms with Crippen LogP contribution in [-0.4, -0.2) is 131 Å². The van der Waals surface area contributed by atoms with Gasteiger partial charge in [-0.15, -0.1) is 0 Å². The minimum atomic E-state index is -0.435. The van der Waals surface area contributed by atoms with Crippen molar-refractivity contribution < 1.29 is 22.8 Å². The number of anilines is 2. The van der Waals surface area contributed by atoms with Crippen LogP contribution in [0.15, 0.2) is 36.4 Å². The van der Waals surface area contributed by atoms with Crippen molar-refractivity contribution in [3.8, 4) is 0 Å². The molecule has 364 valence electrons. The van der Waals surface area contributed by atoms with Gasteiger partial charge >= 0.3 is 55.9 Å². The first-order valence-electron chi connectivity index (χ1n) is 21.3. The van der Waals surface area contributed by atoms with Gasteiger partial charge in [0.15, 0.2) is 0 Å². The Morgan fingerprint density at radius 2 is 0.968 bits per heavy atom. The first-order chi connectivity index (χ1) is 29.6. The molecule has 4 fully saturated rings. The van der Waals surface area contributed by atoms with Gasteiger partial charge in [-0.05, 0) is 118 Å². The van der Waals surface area contributed by atoms with E-state index in [1.54, 1.807) is 19.0 Å². The molecule has 63 heavy (non-hydrogen) atoms. The molecule has 2 aromatic carbocycles. The van der Waals surface area contributed by atoms with Gasteiger partial charge in [-0.2, -0.15) is 0 Å². The normalized spacial score (nSPS) is 21.4. The number of rotatable bonds is 10. The molecule has 2 aliphatic heterocycles. The fourth-order valence-corrected chi connectivity index (χ4v) is 9.09. The molecule has 0 atom stereocenters. The van der Waals surface area contributed by atoms with E-state index in [9.17, 15) is 9.59 Å². The summed E-state index contributed by atoms with van der Waals surface area (Å²) in [5.41, 5.74) is 8.12. The summed E-state index contributed by atoms with van der Waals surface area (Å²) >= 11 is 39.4. The molecule has 2 saturated carbocycles. The second kappa shape index (κ2) is 36.0. The van der Waals surface area contributed by atoms with E-state index in [1.807, 2.05) is 38.4 Å².